The first kappa shape index (κ1) is 17.6. The summed E-state index contributed by atoms with van der Waals surface area (Å²) in [5, 5.41) is 16.1. The number of thioether (sulfide) groups is 1. The Balaban J connectivity index is 0.000000182. The van der Waals surface area contributed by atoms with E-state index in [-0.39, 0.29) is 11.9 Å². The Bertz CT molecular complexity index is 521. The van der Waals surface area contributed by atoms with Gasteiger partial charge in [-0.25, -0.2) is 4.79 Å². The summed E-state index contributed by atoms with van der Waals surface area (Å²) in [6.45, 7) is 2.53. The third-order valence-corrected chi connectivity index (χ3v) is 4.78. The highest BCUT2D eigenvalue weighted by molar-refractivity contribution is 7.99. The van der Waals surface area contributed by atoms with Gasteiger partial charge in [0.1, 0.15) is 5.69 Å². The molecule has 0 bridgehead atoms. The lowest BCUT2D eigenvalue weighted by molar-refractivity contribution is -0.121. The summed E-state index contributed by atoms with van der Waals surface area (Å²) in [6, 6.07) is 0.815. The number of carbonyl (C=O) groups excluding carboxylic acids is 2. The quantitative estimate of drug-likeness (QED) is 0.674. The van der Waals surface area contributed by atoms with Gasteiger partial charge in [0.2, 0.25) is 5.91 Å². The number of aromatic nitrogens is 3. The highest BCUT2D eigenvalue weighted by Crippen LogP contribution is 2.20. The lowest BCUT2D eigenvalue weighted by Crippen LogP contribution is -2.31. The molecule has 0 spiro atoms. The SMILES string of the molecule is CCCCC(=O)NCc1cn(C)nn1.O=C1N[C@H]2CSC[C@H]2N1. The van der Waals surface area contributed by atoms with E-state index in [0.29, 0.717) is 25.0 Å². The minimum atomic E-state index is 0.00491. The number of fused-ring (bicyclic) bond motifs is 1. The van der Waals surface area contributed by atoms with Gasteiger partial charge in [-0.15, -0.1) is 5.10 Å². The number of carbonyl (C=O) groups is 2. The molecule has 3 N–H and O–H groups in total. The van der Waals surface area contributed by atoms with Crippen LogP contribution in [-0.4, -0.2) is 50.5 Å². The van der Waals surface area contributed by atoms with Crippen LogP contribution in [0.3, 0.4) is 0 Å². The maximum atomic E-state index is 11.2. The summed E-state index contributed by atoms with van der Waals surface area (Å²) in [5.41, 5.74) is 0.789. The third-order valence-electron chi connectivity index (χ3n) is 3.59. The van der Waals surface area contributed by atoms with Crippen LogP contribution in [0.5, 0.6) is 0 Å². The Morgan fingerprint density at radius 1 is 1.43 bits per heavy atom. The van der Waals surface area contributed by atoms with Crippen LogP contribution in [0.15, 0.2) is 6.20 Å². The average Bonchev–Trinajstić information content (AvgIpc) is 3.20. The zero-order valence-electron chi connectivity index (χ0n) is 13.5. The van der Waals surface area contributed by atoms with E-state index in [0.717, 1.165) is 30.0 Å². The second-order valence-corrected chi connectivity index (χ2v) is 6.71. The first-order chi connectivity index (χ1) is 11.1. The van der Waals surface area contributed by atoms with Gasteiger partial charge in [-0.3, -0.25) is 9.48 Å². The summed E-state index contributed by atoms with van der Waals surface area (Å²) < 4.78 is 1.62. The van der Waals surface area contributed by atoms with Gasteiger partial charge in [-0.2, -0.15) is 11.8 Å². The highest BCUT2D eigenvalue weighted by Gasteiger charge is 2.35. The van der Waals surface area contributed by atoms with Gasteiger partial charge in [0.05, 0.1) is 18.6 Å². The lowest BCUT2D eigenvalue weighted by atomic mass is 10.2. The summed E-state index contributed by atoms with van der Waals surface area (Å²) in [4.78, 5) is 21.8. The zero-order valence-corrected chi connectivity index (χ0v) is 14.4. The van der Waals surface area contributed by atoms with E-state index in [2.05, 4.69) is 33.2 Å². The van der Waals surface area contributed by atoms with E-state index < -0.39 is 0 Å². The molecule has 2 aliphatic heterocycles. The molecule has 23 heavy (non-hydrogen) atoms. The molecule has 3 rings (SSSR count). The number of hydrogen-bond donors (Lipinski definition) is 3. The van der Waals surface area contributed by atoms with Gasteiger partial charge >= 0.3 is 6.03 Å². The van der Waals surface area contributed by atoms with Crippen molar-refractivity contribution in [3.05, 3.63) is 11.9 Å². The molecule has 3 amide bonds. The maximum Gasteiger partial charge on any atom is 0.315 e. The van der Waals surface area contributed by atoms with Crippen LogP contribution >= 0.6 is 11.8 Å². The second kappa shape index (κ2) is 8.76. The van der Waals surface area contributed by atoms with Crippen molar-refractivity contribution in [3.63, 3.8) is 0 Å². The molecule has 1 aromatic rings. The molecule has 128 valence electrons. The van der Waals surface area contributed by atoms with Crippen molar-refractivity contribution < 1.29 is 9.59 Å². The fourth-order valence-electron chi connectivity index (χ4n) is 2.31. The Labute approximate surface area is 140 Å². The van der Waals surface area contributed by atoms with Crippen LogP contribution in [0, 0.1) is 0 Å². The Kier molecular flexibility index (Phi) is 6.69. The molecule has 1 aromatic heterocycles. The molecule has 0 radical (unpaired) electrons. The van der Waals surface area contributed by atoms with E-state index in [1.165, 1.54) is 0 Å². The molecule has 2 aliphatic rings. The molecule has 0 unspecified atom stereocenters. The van der Waals surface area contributed by atoms with E-state index >= 15 is 0 Å². The molecular weight excluding hydrogens is 316 g/mol. The first-order valence-electron chi connectivity index (χ1n) is 7.85. The number of rotatable bonds is 5. The minimum Gasteiger partial charge on any atom is -0.350 e. The van der Waals surface area contributed by atoms with Gasteiger partial charge in [0.25, 0.3) is 0 Å². The standard InChI is InChI=1S/C9H16N4O.C5H8N2OS/c1-3-4-5-9(14)10-6-8-7-13(2)12-11-8;8-5-6-3-1-9-2-4(3)7-5/h7H,3-6H2,1-2H3,(H,10,14);3-4H,1-2H2,(H2,6,7,8)/t;3-,4+. The molecular formula is C14H24N6O2S. The molecule has 2 saturated heterocycles. The monoisotopic (exact) mass is 340 g/mol. The van der Waals surface area contributed by atoms with Crippen LogP contribution < -0.4 is 16.0 Å². The Morgan fingerprint density at radius 2 is 2.13 bits per heavy atom. The van der Waals surface area contributed by atoms with Gasteiger partial charge in [-0.05, 0) is 6.42 Å². The van der Waals surface area contributed by atoms with Crippen molar-refractivity contribution >= 4 is 23.7 Å². The topological polar surface area (TPSA) is 101 Å². The molecule has 0 aromatic carbocycles. The molecule has 2 fully saturated rings. The van der Waals surface area contributed by atoms with Gasteiger partial charge in [0.15, 0.2) is 0 Å². The lowest BCUT2D eigenvalue weighted by Gasteiger charge is -2.02. The normalized spacial score (nSPS) is 21.7. The number of nitrogens with zero attached hydrogens (tertiary/aromatic N) is 3. The first-order valence-corrected chi connectivity index (χ1v) is 9.00. The highest BCUT2D eigenvalue weighted by atomic mass is 32.2. The van der Waals surface area contributed by atoms with Crippen molar-refractivity contribution in [1.29, 1.82) is 0 Å². The predicted octanol–water partition coefficient (Wildman–Crippen LogP) is 0.405. The van der Waals surface area contributed by atoms with E-state index in [1.54, 1.807) is 17.9 Å². The fraction of sp³-hybridized carbons (Fsp3) is 0.714. The second-order valence-electron chi connectivity index (χ2n) is 5.63. The van der Waals surface area contributed by atoms with Crippen LogP contribution in [0.1, 0.15) is 31.9 Å². The van der Waals surface area contributed by atoms with E-state index in [1.807, 2.05) is 11.8 Å². The van der Waals surface area contributed by atoms with Crippen LogP contribution in [-0.2, 0) is 18.4 Å². The number of amides is 3. The average molecular weight is 340 g/mol. The number of unbranched alkanes of at least 4 members (excludes halogenated alkanes) is 1. The molecule has 0 aliphatic carbocycles. The van der Waals surface area contributed by atoms with Crippen molar-refractivity contribution in [1.82, 2.24) is 30.9 Å². The van der Waals surface area contributed by atoms with Gasteiger partial charge in [0, 0.05) is 31.2 Å². The van der Waals surface area contributed by atoms with Crippen molar-refractivity contribution in [3.8, 4) is 0 Å². The summed E-state index contributed by atoms with van der Waals surface area (Å²) >= 11 is 1.89. The Morgan fingerprint density at radius 3 is 2.70 bits per heavy atom. The maximum absolute atomic E-state index is 11.2. The van der Waals surface area contributed by atoms with Gasteiger partial charge in [-0.1, -0.05) is 18.6 Å². The van der Waals surface area contributed by atoms with Crippen LogP contribution in [0.4, 0.5) is 4.79 Å². The van der Waals surface area contributed by atoms with Crippen molar-refractivity contribution in [2.45, 2.75) is 44.8 Å². The Hall–Kier alpha value is -1.77. The number of hydrogen-bond acceptors (Lipinski definition) is 5. The van der Waals surface area contributed by atoms with Crippen LogP contribution in [0.25, 0.3) is 0 Å². The van der Waals surface area contributed by atoms with E-state index in [9.17, 15) is 9.59 Å². The summed E-state index contributed by atoms with van der Waals surface area (Å²) in [6.07, 6.45) is 4.36. The smallest absolute Gasteiger partial charge is 0.315 e. The number of urea groups is 1. The predicted molar refractivity (Wildman–Crippen MR) is 88.9 cm³/mol. The molecule has 8 nitrogen and oxygen atoms in total. The van der Waals surface area contributed by atoms with Gasteiger partial charge < -0.3 is 16.0 Å². The summed E-state index contributed by atoms with van der Waals surface area (Å²) in [5.74, 6) is 2.23. The minimum absolute atomic E-state index is 0.00491. The van der Waals surface area contributed by atoms with E-state index in [4.69, 9.17) is 0 Å². The molecule has 0 saturated carbocycles. The largest absolute Gasteiger partial charge is 0.350 e. The molecule has 2 atom stereocenters. The van der Waals surface area contributed by atoms with Crippen molar-refractivity contribution in [2.24, 2.45) is 7.05 Å². The molecule has 9 heteroatoms. The number of nitrogens with one attached hydrogen (secondary N) is 3. The fourth-order valence-corrected chi connectivity index (χ4v) is 3.58. The third kappa shape index (κ3) is 5.74. The summed E-state index contributed by atoms with van der Waals surface area (Å²) in [7, 11) is 1.80. The number of aryl methyl sites for hydroxylation is 1. The molecule has 3 heterocycles. The van der Waals surface area contributed by atoms with Crippen LogP contribution in [0.2, 0.25) is 0 Å². The van der Waals surface area contributed by atoms with Crippen molar-refractivity contribution in [2.75, 3.05) is 11.5 Å². The zero-order chi connectivity index (χ0) is 16.7.